The van der Waals surface area contributed by atoms with Crippen molar-refractivity contribution in [1.29, 1.82) is 0 Å². The molecule has 0 spiro atoms. The van der Waals surface area contributed by atoms with Crippen molar-refractivity contribution >= 4 is 16.7 Å². The molecule has 4 rings (SSSR count). The van der Waals surface area contributed by atoms with Gasteiger partial charge in [-0.2, -0.15) is 13.2 Å². The summed E-state index contributed by atoms with van der Waals surface area (Å²) in [6, 6.07) is 6.57. The molecule has 1 aliphatic rings. The number of benzene rings is 2. The molecule has 0 saturated carbocycles. The Morgan fingerprint density at radius 2 is 1.97 bits per heavy atom. The van der Waals surface area contributed by atoms with Gasteiger partial charge in [0.2, 0.25) is 0 Å². The highest BCUT2D eigenvalue weighted by molar-refractivity contribution is 5.82. The van der Waals surface area contributed by atoms with Crippen molar-refractivity contribution in [2.45, 2.75) is 19.4 Å². The van der Waals surface area contributed by atoms with Crippen LogP contribution in [0.2, 0.25) is 0 Å². The molecule has 0 N–H and O–H groups in total. The van der Waals surface area contributed by atoms with Gasteiger partial charge in [-0.25, -0.2) is 4.79 Å². The van der Waals surface area contributed by atoms with Gasteiger partial charge in [0.05, 0.1) is 17.1 Å². The van der Waals surface area contributed by atoms with Crippen LogP contribution in [0.1, 0.15) is 16.7 Å². The highest BCUT2D eigenvalue weighted by Crippen LogP contribution is 2.36. The molecule has 0 radical (unpaired) electrons. The van der Waals surface area contributed by atoms with E-state index in [9.17, 15) is 28.1 Å². The fourth-order valence-electron chi connectivity index (χ4n) is 3.12. The average Bonchev–Trinajstić information content (AvgIpc) is 2.70. The van der Waals surface area contributed by atoms with Crippen LogP contribution in [0.15, 0.2) is 45.6 Å². The molecule has 8 nitrogen and oxygen atoms in total. The van der Waals surface area contributed by atoms with E-state index in [1.54, 1.807) is 0 Å². The van der Waals surface area contributed by atoms with Gasteiger partial charge in [0.15, 0.2) is 6.79 Å². The van der Waals surface area contributed by atoms with Crippen LogP contribution in [0.25, 0.3) is 11.0 Å². The van der Waals surface area contributed by atoms with Crippen molar-refractivity contribution in [3.8, 4) is 11.5 Å². The number of nitro groups is 1. The van der Waals surface area contributed by atoms with E-state index in [0.717, 1.165) is 12.1 Å². The molecule has 0 atom stereocenters. The van der Waals surface area contributed by atoms with Crippen LogP contribution < -0.4 is 15.1 Å². The number of rotatable bonds is 4. The summed E-state index contributed by atoms with van der Waals surface area (Å²) in [7, 11) is 0. The van der Waals surface area contributed by atoms with E-state index in [2.05, 4.69) is 0 Å². The van der Waals surface area contributed by atoms with Gasteiger partial charge in [0.25, 0.3) is 5.69 Å². The largest absolute Gasteiger partial charge is 0.489 e. The second kappa shape index (κ2) is 7.34. The number of non-ortho nitro benzene ring substituents is 1. The maximum absolute atomic E-state index is 13.1. The highest BCUT2D eigenvalue weighted by atomic mass is 19.4. The molecule has 1 aromatic heterocycles. The number of nitrogens with zero attached hydrogens (tertiary/aromatic N) is 1. The fraction of sp³-hybridized carbons (Fsp3) is 0.211. The zero-order valence-electron chi connectivity index (χ0n) is 15.0. The summed E-state index contributed by atoms with van der Waals surface area (Å²) < 4.78 is 60.4. The maximum Gasteiger partial charge on any atom is 0.417 e. The topological polar surface area (TPSA) is 101 Å². The van der Waals surface area contributed by atoms with Gasteiger partial charge in [0, 0.05) is 40.8 Å². The lowest BCUT2D eigenvalue weighted by Gasteiger charge is -2.20. The highest BCUT2D eigenvalue weighted by Gasteiger charge is 2.34. The van der Waals surface area contributed by atoms with E-state index in [1.807, 2.05) is 0 Å². The molecule has 1 aliphatic heterocycles. The molecule has 0 amide bonds. The van der Waals surface area contributed by atoms with Crippen molar-refractivity contribution < 1.29 is 36.7 Å². The van der Waals surface area contributed by atoms with Crippen LogP contribution in [0, 0.1) is 10.1 Å². The van der Waals surface area contributed by atoms with Crippen LogP contribution in [-0.4, -0.2) is 11.7 Å². The third-order valence-corrected chi connectivity index (χ3v) is 4.40. The zero-order valence-corrected chi connectivity index (χ0v) is 15.0. The molecule has 0 aliphatic carbocycles. The van der Waals surface area contributed by atoms with Gasteiger partial charge in [-0.1, -0.05) is 0 Å². The van der Waals surface area contributed by atoms with E-state index in [1.165, 1.54) is 18.2 Å². The molecule has 30 heavy (non-hydrogen) atoms. The number of ether oxygens (including phenoxy) is 3. The molecule has 156 valence electrons. The molecule has 11 heteroatoms. The number of alkyl halides is 3. The Morgan fingerprint density at radius 1 is 1.17 bits per heavy atom. The van der Waals surface area contributed by atoms with E-state index in [0.29, 0.717) is 22.9 Å². The van der Waals surface area contributed by atoms with Crippen molar-refractivity contribution in [2.75, 3.05) is 6.79 Å². The van der Waals surface area contributed by atoms with Gasteiger partial charge in [0.1, 0.15) is 23.7 Å². The lowest BCUT2D eigenvalue weighted by atomic mass is 10.1. The summed E-state index contributed by atoms with van der Waals surface area (Å²) in [6.45, 7) is -0.0662. The number of nitro benzene ring substituents is 1. The lowest BCUT2D eigenvalue weighted by Crippen LogP contribution is -2.14. The summed E-state index contributed by atoms with van der Waals surface area (Å²) in [5.41, 5.74) is -1.88. The average molecular weight is 423 g/mol. The minimum atomic E-state index is -4.72. The maximum atomic E-state index is 13.1. The first-order valence-electron chi connectivity index (χ1n) is 8.51. The van der Waals surface area contributed by atoms with Crippen LogP contribution in [0.4, 0.5) is 18.9 Å². The van der Waals surface area contributed by atoms with E-state index >= 15 is 0 Å². The van der Waals surface area contributed by atoms with Gasteiger partial charge >= 0.3 is 11.8 Å². The van der Waals surface area contributed by atoms with Gasteiger partial charge in [-0.15, -0.1) is 0 Å². The Labute approximate surface area is 165 Å². The van der Waals surface area contributed by atoms with E-state index in [-0.39, 0.29) is 42.4 Å². The van der Waals surface area contributed by atoms with E-state index < -0.39 is 22.3 Å². The first-order valence-corrected chi connectivity index (χ1v) is 8.51. The van der Waals surface area contributed by atoms with Gasteiger partial charge in [-0.3, -0.25) is 10.1 Å². The fourth-order valence-corrected chi connectivity index (χ4v) is 3.12. The van der Waals surface area contributed by atoms with Crippen LogP contribution in [-0.2, 0) is 24.1 Å². The third kappa shape index (κ3) is 3.79. The quantitative estimate of drug-likeness (QED) is 0.353. The Kier molecular flexibility index (Phi) is 4.82. The molecular weight excluding hydrogens is 411 g/mol. The number of hydrogen-bond donors (Lipinski definition) is 0. The monoisotopic (exact) mass is 423 g/mol. The van der Waals surface area contributed by atoms with E-state index in [4.69, 9.17) is 18.6 Å². The Balaban J connectivity index is 1.67. The summed E-state index contributed by atoms with van der Waals surface area (Å²) in [5, 5.41) is 10.9. The normalized spacial score (nSPS) is 13.6. The predicted octanol–water partition coefficient (Wildman–Crippen LogP) is 4.17. The van der Waals surface area contributed by atoms with Crippen molar-refractivity contribution in [3.63, 3.8) is 0 Å². The Hall–Kier alpha value is -3.60. The minimum absolute atomic E-state index is 0.0286. The summed E-state index contributed by atoms with van der Waals surface area (Å²) in [6.07, 6.45) is -4.72. The summed E-state index contributed by atoms with van der Waals surface area (Å²) >= 11 is 0. The Morgan fingerprint density at radius 3 is 2.70 bits per heavy atom. The number of fused-ring (bicyclic) bond motifs is 2. The van der Waals surface area contributed by atoms with Crippen molar-refractivity contribution in [1.82, 2.24) is 0 Å². The second-order valence-corrected chi connectivity index (χ2v) is 6.38. The molecule has 0 fully saturated rings. The SMILES string of the molecule is O=c1cc(C(F)(F)F)c2ccc(OCc3cc([N+](=O)[O-])cc4c3OCOC4)cc2o1. The molecular formula is C19H12F3NO7. The summed E-state index contributed by atoms with van der Waals surface area (Å²) in [5.74, 6) is 0.496. The standard InChI is InChI=1S/C19H12F3NO7/c20-19(21,22)15-6-17(24)30-16-5-13(1-2-14(15)16)28-8-11-4-12(23(25)26)3-10-7-27-9-29-18(10)11/h1-6H,7-9H2. The third-order valence-electron chi connectivity index (χ3n) is 4.40. The van der Waals surface area contributed by atoms with Crippen molar-refractivity contribution in [2.24, 2.45) is 0 Å². The first-order chi connectivity index (χ1) is 14.2. The summed E-state index contributed by atoms with van der Waals surface area (Å²) in [4.78, 5) is 22.1. The molecule has 0 unspecified atom stereocenters. The molecule has 2 aromatic carbocycles. The van der Waals surface area contributed by atoms with Crippen LogP contribution in [0.5, 0.6) is 11.5 Å². The predicted molar refractivity (Wildman–Crippen MR) is 95.2 cm³/mol. The Bertz CT molecular complexity index is 1200. The smallest absolute Gasteiger partial charge is 0.417 e. The number of halogens is 3. The second-order valence-electron chi connectivity index (χ2n) is 6.38. The van der Waals surface area contributed by atoms with Crippen molar-refractivity contribution in [3.05, 3.63) is 73.6 Å². The van der Waals surface area contributed by atoms with Gasteiger partial charge < -0.3 is 18.6 Å². The molecule has 0 bridgehead atoms. The molecule has 3 aromatic rings. The molecule has 2 heterocycles. The van der Waals surface area contributed by atoms with Crippen LogP contribution >= 0.6 is 0 Å². The van der Waals surface area contributed by atoms with Gasteiger partial charge in [-0.05, 0) is 12.1 Å². The number of hydrogen-bond acceptors (Lipinski definition) is 7. The minimum Gasteiger partial charge on any atom is -0.489 e. The lowest BCUT2D eigenvalue weighted by molar-refractivity contribution is -0.385. The van der Waals surface area contributed by atoms with Crippen LogP contribution in [0.3, 0.4) is 0 Å². The first kappa shape index (κ1) is 19.7. The zero-order chi connectivity index (χ0) is 21.5. The molecule has 0 saturated heterocycles.